The zero-order valence-corrected chi connectivity index (χ0v) is 13.2. The molecule has 3 rings (SSSR count). The third kappa shape index (κ3) is 3.69. The molecule has 2 atom stereocenters. The quantitative estimate of drug-likeness (QED) is 0.887. The summed E-state index contributed by atoms with van der Waals surface area (Å²) in [6, 6.07) is 10.1. The van der Waals surface area contributed by atoms with E-state index in [4.69, 9.17) is 5.73 Å². The van der Waals surface area contributed by atoms with E-state index in [1.165, 1.54) is 11.3 Å². The Morgan fingerprint density at radius 1 is 1.27 bits per heavy atom. The second-order valence-corrected chi connectivity index (χ2v) is 6.76. The molecule has 3 N–H and O–H groups in total. The Morgan fingerprint density at radius 3 is 2.82 bits per heavy atom. The summed E-state index contributed by atoms with van der Waals surface area (Å²) in [6.07, 6.45) is 3.75. The van der Waals surface area contributed by atoms with Crippen molar-refractivity contribution < 1.29 is 4.79 Å². The summed E-state index contributed by atoms with van der Waals surface area (Å²) in [6.45, 7) is 0.436. The van der Waals surface area contributed by atoms with Gasteiger partial charge in [-0.25, -0.2) is 0 Å². The van der Waals surface area contributed by atoms with Gasteiger partial charge in [-0.05, 0) is 18.8 Å². The van der Waals surface area contributed by atoms with Gasteiger partial charge in [0.1, 0.15) is 10.0 Å². The highest BCUT2D eigenvalue weighted by Crippen LogP contribution is 2.27. The number of nitrogens with one attached hydrogen (secondary N) is 1. The average Bonchev–Trinajstić information content (AvgIpc) is 3.16. The number of carbonyl (C=O) groups is 1. The number of amides is 1. The molecule has 1 heterocycles. The fourth-order valence-corrected chi connectivity index (χ4v) is 3.61. The highest BCUT2D eigenvalue weighted by Gasteiger charge is 2.25. The molecule has 0 radical (unpaired) electrons. The van der Waals surface area contributed by atoms with E-state index in [1.807, 2.05) is 30.3 Å². The second-order valence-electron chi connectivity index (χ2n) is 5.70. The molecule has 0 bridgehead atoms. The zero-order valence-electron chi connectivity index (χ0n) is 12.4. The largest absolute Gasteiger partial charge is 0.350 e. The van der Waals surface area contributed by atoms with Crippen LogP contribution in [0.15, 0.2) is 30.3 Å². The van der Waals surface area contributed by atoms with Gasteiger partial charge >= 0.3 is 0 Å². The molecule has 0 unspecified atom stereocenters. The Kier molecular flexibility index (Phi) is 4.80. The van der Waals surface area contributed by atoms with Crippen molar-refractivity contribution in [3.05, 3.63) is 35.3 Å². The predicted molar refractivity (Wildman–Crippen MR) is 87.1 cm³/mol. The molecule has 1 fully saturated rings. The van der Waals surface area contributed by atoms with Crippen molar-refractivity contribution in [2.75, 3.05) is 0 Å². The van der Waals surface area contributed by atoms with Crippen molar-refractivity contribution in [3.8, 4) is 10.6 Å². The number of aromatic nitrogens is 2. The molecule has 5 nitrogen and oxygen atoms in total. The van der Waals surface area contributed by atoms with Crippen molar-refractivity contribution in [2.45, 2.75) is 38.3 Å². The molecule has 0 aliphatic heterocycles. The van der Waals surface area contributed by atoms with Gasteiger partial charge in [-0.2, -0.15) is 0 Å². The monoisotopic (exact) mass is 316 g/mol. The molecular weight excluding hydrogens is 296 g/mol. The lowest BCUT2D eigenvalue weighted by Gasteiger charge is -2.14. The lowest BCUT2D eigenvalue weighted by Crippen LogP contribution is -2.31. The average molecular weight is 316 g/mol. The van der Waals surface area contributed by atoms with Gasteiger partial charge in [0.15, 0.2) is 0 Å². The van der Waals surface area contributed by atoms with Gasteiger partial charge in [0.25, 0.3) is 0 Å². The number of hydrogen-bond donors (Lipinski definition) is 2. The van der Waals surface area contributed by atoms with E-state index in [9.17, 15) is 4.79 Å². The van der Waals surface area contributed by atoms with Crippen LogP contribution in [0.4, 0.5) is 0 Å². The van der Waals surface area contributed by atoms with Crippen LogP contribution in [0.3, 0.4) is 0 Å². The summed E-state index contributed by atoms with van der Waals surface area (Å²) in [4.78, 5) is 12.0. The Hall–Kier alpha value is -1.79. The Bertz CT molecular complexity index is 628. The van der Waals surface area contributed by atoms with E-state index in [0.29, 0.717) is 18.9 Å². The number of hydrogen-bond acceptors (Lipinski definition) is 5. The van der Waals surface area contributed by atoms with E-state index in [0.717, 1.165) is 34.8 Å². The molecule has 22 heavy (non-hydrogen) atoms. The summed E-state index contributed by atoms with van der Waals surface area (Å²) < 4.78 is 0. The second kappa shape index (κ2) is 6.98. The maximum Gasteiger partial charge on any atom is 0.220 e. The molecule has 6 heteroatoms. The van der Waals surface area contributed by atoms with E-state index < -0.39 is 0 Å². The maximum absolute atomic E-state index is 12.0. The first kappa shape index (κ1) is 15.1. The number of carbonyl (C=O) groups excluding carboxylic acids is 1. The Labute approximate surface area is 134 Å². The first-order valence-electron chi connectivity index (χ1n) is 7.62. The molecular formula is C16H20N4OS. The summed E-state index contributed by atoms with van der Waals surface area (Å²) in [5.74, 6) is 0.383. The van der Waals surface area contributed by atoms with Crippen LogP contribution < -0.4 is 11.1 Å². The summed E-state index contributed by atoms with van der Waals surface area (Å²) >= 11 is 1.51. The van der Waals surface area contributed by atoms with Crippen LogP contribution in [0.5, 0.6) is 0 Å². The van der Waals surface area contributed by atoms with Crippen molar-refractivity contribution in [1.82, 2.24) is 15.5 Å². The standard InChI is InChI=1S/C16H20N4OS/c17-13-8-4-7-12(13)9-14(21)18-10-15-19-20-16(22-15)11-5-2-1-3-6-11/h1-3,5-6,12-13H,4,7-10,17H2,(H,18,21)/t12-,13+/m0/s1. The van der Waals surface area contributed by atoms with Gasteiger partial charge in [-0.15, -0.1) is 10.2 Å². The SMILES string of the molecule is N[C@@H]1CCC[C@H]1CC(=O)NCc1nnc(-c2ccccc2)s1. The van der Waals surface area contributed by atoms with Crippen LogP contribution in [-0.4, -0.2) is 22.1 Å². The molecule has 1 amide bonds. The molecule has 2 aromatic rings. The van der Waals surface area contributed by atoms with Gasteiger partial charge in [0.05, 0.1) is 6.54 Å². The summed E-state index contributed by atoms with van der Waals surface area (Å²) in [5.41, 5.74) is 7.05. The lowest BCUT2D eigenvalue weighted by atomic mass is 10.00. The molecule has 1 aromatic carbocycles. The number of benzene rings is 1. The molecule has 1 aromatic heterocycles. The molecule has 1 aliphatic carbocycles. The van der Waals surface area contributed by atoms with Crippen molar-refractivity contribution in [3.63, 3.8) is 0 Å². The highest BCUT2D eigenvalue weighted by atomic mass is 32.1. The molecule has 0 saturated heterocycles. The first-order valence-corrected chi connectivity index (χ1v) is 8.44. The summed E-state index contributed by atoms with van der Waals surface area (Å²) in [5, 5.41) is 12.9. The van der Waals surface area contributed by atoms with Gasteiger partial charge in [-0.3, -0.25) is 4.79 Å². The van der Waals surface area contributed by atoms with Gasteiger partial charge in [0, 0.05) is 18.0 Å². The van der Waals surface area contributed by atoms with Crippen molar-refractivity contribution in [1.29, 1.82) is 0 Å². The normalized spacial score (nSPS) is 21.0. The van der Waals surface area contributed by atoms with Crippen LogP contribution >= 0.6 is 11.3 Å². The van der Waals surface area contributed by atoms with E-state index in [-0.39, 0.29) is 11.9 Å². The van der Waals surface area contributed by atoms with Gasteiger partial charge < -0.3 is 11.1 Å². The van der Waals surface area contributed by atoms with Crippen molar-refractivity contribution >= 4 is 17.2 Å². The Morgan fingerprint density at radius 2 is 2.09 bits per heavy atom. The minimum Gasteiger partial charge on any atom is -0.350 e. The fourth-order valence-electron chi connectivity index (χ4n) is 2.83. The first-order chi connectivity index (χ1) is 10.7. The minimum absolute atomic E-state index is 0.0545. The molecule has 116 valence electrons. The Balaban J connectivity index is 1.51. The topological polar surface area (TPSA) is 80.9 Å². The van der Waals surface area contributed by atoms with Crippen LogP contribution in [-0.2, 0) is 11.3 Å². The van der Waals surface area contributed by atoms with Crippen LogP contribution in [0.25, 0.3) is 10.6 Å². The zero-order chi connectivity index (χ0) is 15.4. The van der Waals surface area contributed by atoms with E-state index in [2.05, 4.69) is 15.5 Å². The molecule has 1 aliphatic rings. The lowest BCUT2D eigenvalue weighted by molar-refractivity contribution is -0.122. The van der Waals surface area contributed by atoms with Crippen LogP contribution in [0.1, 0.15) is 30.7 Å². The number of nitrogens with two attached hydrogens (primary N) is 1. The number of rotatable bonds is 5. The molecule has 1 saturated carbocycles. The third-order valence-corrected chi connectivity index (χ3v) is 5.06. The van der Waals surface area contributed by atoms with Gasteiger partial charge in [-0.1, -0.05) is 48.1 Å². The molecule has 0 spiro atoms. The maximum atomic E-state index is 12.0. The highest BCUT2D eigenvalue weighted by molar-refractivity contribution is 7.14. The fraction of sp³-hybridized carbons (Fsp3) is 0.438. The minimum atomic E-state index is 0.0545. The van der Waals surface area contributed by atoms with Gasteiger partial charge in [0.2, 0.25) is 5.91 Å². The van der Waals surface area contributed by atoms with Crippen LogP contribution in [0.2, 0.25) is 0 Å². The number of nitrogens with zero attached hydrogens (tertiary/aromatic N) is 2. The van der Waals surface area contributed by atoms with E-state index >= 15 is 0 Å². The van der Waals surface area contributed by atoms with E-state index in [1.54, 1.807) is 0 Å². The smallest absolute Gasteiger partial charge is 0.220 e. The predicted octanol–water partition coefficient (Wildman–Crippen LogP) is 2.34. The summed E-state index contributed by atoms with van der Waals surface area (Å²) in [7, 11) is 0. The third-order valence-electron chi connectivity index (χ3n) is 4.09. The van der Waals surface area contributed by atoms with Crippen LogP contribution in [0, 0.1) is 5.92 Å². The van der Waals surface area contributed by atoms with Crippen molar-refractivity contribution in [2.24, 2.45) is 11.7 Å².